The Bertz CT molecular complexity index is 493. The van der Waals surface area contributed by atoms with Crippen molar-refractivity contribution in [1.29, 1.82) is 0 Å². The molecule has 1 aliphatic rings. The number of rotatable bonds is 6. The van der Waals surface area contributed by atoms with Gasteiger partial charge in [-0.3, -0.25) is 4.99 Å². The van der Waals surface area contributed by atoms with E-state index < -0.39 is 0 Å². The van der Waals surface area contributed by atoms with Crippen molar-refractivity contribution < 1.29 is 0 Å². The van der Waals surface area contributed by atoms with Gasteiger partial charge in [-0.25, -0.2) is 4.98 Å². The lowest BCUT2D eigenvalue weighted by Gasteiger charge is -2.31. The largest absolute Gasteiger partial charge is 0.356 e. The Kier molecular flexibility index (Phi) is 8.82. The molecule has 1 aromatic heterocycles. The third kappa shape index (κ3) is 6.57. The molecule has 0 radical (unpaired) electrons. The average Bonchev–Trinajstić information content (AvgIpc) is 3.08. The number of guanidine groups is 1. The SMILES string of the molecule is CN=C(NCc1ncc(C)s1)NCC1(CC(C)C)CCCC1.I. The van der Waals surface area contributed by atoms with Crippen LogP contribution in [-0.4, -0.2) is 24.5 Å². The van der Waals surface area contributed by atoms with Gasteiger partial charge < -0.3 is 10.6 Å². The van der Waals surface area contributed by atoms with E-state index >= 15 is 0 Å². The zero-order valence-corrected chi connectivity index (χ0v) is 18.0. The molecule has 0 amide bonds. The molecule has 0 bridgehead atoms. The van der Waals surface area contributed by atoms with Crippen LogP contribution in [0.25, 0.3) is 0 Å². The highest BCUT2D eigenvalue weighted by atomic mass is 127. The zero-order chi connectivity index (χ0) is 16.0. The molecule has 0 atom stereocenters. The summed E-state index contributed by atoms with van der Waals surface area (Å²) in [6.07, 6.45) is 8.68. The quantitative estimate of drug-likeness (QED) is 0.385. The number of nitrogens with one attached hydrogen (secondary N) is 2. The molecule has 1 fully saturated rings. The molecule has 4 nitrogen and oxygen atoms in total. The molecule has 1 heterocycles. The molecule has 0 spiro atoms. The summed E-state index contributed by atoms with van der Waals surface area (Å²) < 4.78 is 0. The highest BCUT2D eigenvalue weighted by Gasteiger charge is 2.34. The smallest absolute Gasteiger partial charge is 0.191 e. The normalized spacial score (nSPS) is 17.2. The fraction of sp³-hybridized carbons (Fsp3) is 0.765. The third-order valence-electron chi connectivity index (χ3n) is 4.44. The molecule has 1 aliphatic carbocycles. The average molecular weight is 450 g/mol. The van der Waals surface area contributed by atoms with Gasteiger partial charge in [0.15, 0.2) is 5.96 Å². The van der Waals surface area contributed by atoms with Crippen molar-refractivity contribution in [3.8, 4) is 0 Å². The van der Waals surface area contributed by atoms with Crippen LogP contribution in [0.3, 0.4) is 0 Å². The first-order chi connectivity index (χ1) is 10.5. The summed E-state index contributed by atoms with van der Waals surface area (Å²) in [5, 5.41) is 8.04. The number of aliphatic imine (C=N–C) groups is 1. The topological polar surface area (TPSA) is 49.3 Å². The van der Waals surface area contributed by atoms with Crippen LogP contribution in [0.5, 0.6) is 0 Å². The minimum absolute atomic E-state index is 0. The van der Waals surface area contributed by atoms with Crippen LogP contribution >= 0.6 is 35.3 Å². The van der Waals surface area contributed by atoms with E-state index in [1.165, 1.54) is 37.0 Å². The lowest BCUT2D eigenvalue weighted by atomic mass is 9.78. The number of thiazole rings is 1. The van der Waals surface area contributed by atoms with E-state index in [4.69, 9.17) is 0 Å². The maximum Gasteiger partial charge on any atom is 0.191 e. The van der Waals surface area contributed by atoms with Gasteiger partial charge >= 0.3 is 0 Å². The Balaban J connectivity index is 0.00000264. The molecule has 0 aliphatic heterocycles. The first kappa shape index (κ1) is 20.7. The molecule has 0 saturated heterocycles. The summed E-state index contributed by atoms with van der Waals surface area (Å²) >= 11 is 1.73. The first-order valence-electron chi connectivity index (χ1n) is 8.39. The van der Waals surface area contributed by atoms with E-state index in [0.717, 1.165) is 30.0 Å². The fourth-order valence-corrected chi connectivity index (χ4v) is 4.31. The number of aryl methyl sites for hydroxylation is 1. The van der Waals surface area contributed by atoms with Crippen LogP contribution in [0.4, 0.5) is 0 Å². The summed E-state index contributed by atoms with van der Waals surface area (Å²) in [4.78, 5) is 9.99. The van der Waals surface area contributed by atoms with Crippen molar-refractivity contribution in [2.45, 2.75) is 59.4 Å². The summed E-state index contributed by atoms with van der Waals surface area (Å²) in [5.41, 5.74) is 0.462. The third-order valence-corrected chi connectivity index (χ3v) is 5.35. The van der Waals surface area contributed by atoms with E-state index in [-0.39, 0.29) is 24.0 Å². The molecule has 23 heavy (non-hydrogen) atoms. The molecule has 6 heteroatoms. The van der Waals surface area contributed by atoms with Gasteiger partial charge in [-0.2, -0.15) is 0 Å². The molecule has 2 rings (SSSR count). The standard InChI is InChI=1S/C17H30N4S.HI/c1-13(2)9-17(7-5-6-8-17)12-21-16(18-4)20-11-15-19-10-14(3)22-15;/h10,13H,5-9,11-12H2,1-4H3,(H2,18,20,21);1H. The minimum atomic E-state index is 0. The monoisotopic (exact) mass is 450 g/mol. The van der Waals surface area contributed by atoms with Crippen LogP contribution in [0.15, 0.2) is 11.2 Å². The Hall–Kier alpha value is -0.370. The van der Waals surface area contributed by atoms with Gasteiger partial charge in [-0.05, 0) is 37.5 Å². The van der Waals surface area contributed by atoms with Crippen molar-refractivity contribution in [3.05, 3.63) is 16.1 Å². The molecule has 2 N–H and O–H groups in total. The predicted molar refractivity (Wildman–Crippen MR) is 111 cm³/mol. The van der Waals surface area contributed by atoms with Crippen LogP contribution in [0.1, 0.15) is 55.8 Å². The summed E-state index contributed by atoms with van der Waals surface area (Å²) in [5.74, 6) is 1.65. The molecule has 132 valence electrons. The fourth-order valence-electron chi connectivity index (χ4n) is 3.58. The van der Waals surface area contributed by atoms with Crippen molar-refractivity contribution in [2.24, 2.45) is 16.3 Å². The van der Waals surface area contributed by atoms with Gasteiger partial charge in [0.25, 0.3) is 0 Å². The van der Waals surface area contributed by atoms with Crippen LogP contribution in [-0.2, 0) is 6.54 Å². The number of hydrogen-bond acceptors (Lipinski definition) is 3. The molecular formula is C17H31IN4S. The second-order valence-corrected chi connectivity index (χ2v) is 8.27. The van der Waals surface area contributed by atoms with Crippen LogP contribution < -0.4 is 10.6 Å². The molecule has 0 unspecified atom stereocenters. The van der Waals surface area contributed by atoms with Crippen molar-refractivity contribution >= 4 is 41.3 Å². The highest BCUT2D eigenvalue weighted by Crippen LogP contribution is 2.42. The van der Waals surface area contributed by atoms with Crippen LogP contribution in [0, 0.1) is 18.3 Å². The molecular weight excluding hydrogens is 419 g/mol. The summed E-state index contributed by atoms with van der Waals surface area (Å²) in [6, 6.07) is 0. The molecule has 1 aromatic rings. The number of aromatic nitrogens is 1. The Morgan fingerprint density at radius 2 is 2.04 bits per heavy atom. The van der Waals surface area contributed by atoms with Crippen molar-refractivity contribution in [2.75, 3.05) is 13.6 Å². The number of hydrogen-bond donors (Lipinski definition) is 2. The highest BCUT2D eigenvalue weighted by molar-refractivity contribution is 14.0. The van der Waals surface area contributed by atoms with Crippen molar-refractivity contribution in [1.82, 2.24) is 15.6 Å². The van der Waals surface area contributed by atoms with E-state index in [2.05, 4.69) is 41.4 Å². The number of nitrogens with zero attached hydrogens (tertiary/aromatic N) is 2. The zero-order valence-electron chi connectivity index (χ0n) is 14.8. The van der Waals surface area contributed by atoms with Gasteiger partial charge in [-0.1, -0.05) is 26.7 Å². The summed E-state index contributed by atoms with van der Waals surface area (Å²) in [7, 11) is 1.84. The second-order valence-electron chi connectivity index (χ2n) is 6.95. The summed E-state index contributed by atoms with van der Waals surface area (Å²) in [6.45, 7) is 8.52. The van der Waals surface area contributed by atoms with E-state index in [9.17, 15) is 0 Å². The Morgan fingerprint density at radius 3 is 2.57 bits per heavy atom. The predicted octanol–water partition coefficient (Wildman–Crippen LogP) is 4.34. The Labute approximate surface area is 162 Å². The van der Waals surface area contributed by atoms with Gasteiger partial charge in [0, 0.05) is 24.7 Å². The van der Waals surface area contributed by atoms with E-state index in [0.29, 0.717) is 5.41 Å². The van der Waals surface area contributed by atoms with Gasteiger partial charge in [-0.15, -0.1) is 35.3 Å². The van der Waals surface area contributed by atoms with Gasteiger partial charge in [0.2, 0.25) is 0 Å². The molecule has 0 aromatic carbocycles. The van der Waals surface area contributed by atoms with E-state index in [1.54, 1.807) is 11.3 Å². The maximum atomic E-state index is 4.39. The number of halogens is 1. The Morgan fingerprint density at radius 1 is 1.35 bits per heavy atom. The van der Waals surface area contributed by atoms with Crippen LogP contribution in [0.2, 0.25) is 0 Å². The minimum Gasteiger partial charge on any atom is -0.356 e. The lowest BCUT2D eigenvalue weighted by Crippen LogP contribution is -2.43. The first-order valence-corrected chi connectivity index (χ1v) is 9.20. The second kappa shape index (κ2) is 9.81. The van der Waals surface area contributed by atoms with Crippen molar-refractivity contribution in [3.63, 3.8) is 0 Å². The lowest BCUT2D eigenvalue weighted by molar-refractivity contribution is 0.235. The van der Waals surface area contributed by atoms with E-state index in [1.807, 2.05) is 13.2 Å². The van der Waals surface area contributed by atoms with Gasteiger partial charge in [0.05, 0.1) is 6.54 Å². The van der Waals surface area contributed by atoms with Gasteiger partial charge in [0.1, 0.15) is 5.01 Å². The molecule has 1 saturated carbocycles. The maximum absolute atomic E-state index is 4.39.